The van der Waals surface area contributed by atoms with Crippen molar-refractivity contribution in [1.29, 1.82) is 0 Å². The first-order valence-electron chi connectivity index (χ1n) is 10.5. The summed E-state index contributed by atoms with van der Waals surface area (Å²) >= 11 is 0. The number of amides is 2. The second kappa shape index (κ2) is 7.68. The maximum atomic E-state index is 14.1. The van der Waals surface area contributed by atoms with Gasteiger partial charge < -0.3 is 14.2 Å². The number of piperidine rings is 1. The Balaban J connectivity index is 1.26. The molecule has 3 aromatic rings. The van der Waals surface area contributed by atoms with Crippen LogP contribution in [0.25, 0.3) is 11.1 Å². The Morgan fingerprint density at radius 1 is 1.00 bits per heavy atom. The van der Waals surface area contributed by atoms with Gasteiger partial charge in [-0.15, -0.1) is 0 Å². The van der Waals surface area contributed by atoms with E-state index < -0.39 is 11.7 Å². The van der Waals surface area contributed by atoms with Crippen molar-refractivity contribution in [3.63, 3.8) is 0 Å². The largest absolute Gasteiger partial charge is 0.420 e. The number of aromatic nitrogens is 1. The summed E-state index contributed by atoms with van der Waals surface area (Å²) in [7, 11) is 0. The predicted octanol–water partition coefficient (Wildman–Crippen LogP) is 2.95. The quantitative estimate of drug-likeness (QED) is 0.649. The number of anilines is 1. The number of hydrogen-bond donors (Lipinski definition) is 0. The van der Waals surface area contributed by atoms with Gasteiger partial charge in [0.2, 0.25) is 11.8 Å². The van der Waals surface area contributed by atoms with Gasteiger partial charge in [-0.3, -0.25) is 14.2 Å². The van der Waals surface area contributed by atoms with E-state index in [1.165, 1.54) is 11.0 Å². The summed E-state index contributed by atoms with van der Waals surface area (Å²) in [6.45, 7) is 1.18. The Kier molecular flexibility index (Phi) is 4.84. The van der Waals surface area contributed by atoms with Gasteiger partial charge in [0, 0.05) is 32.1 Å². The van der Waals surface area contributed by atoms with Gasteiger partial charge in [0.15, 0.2) is 5.58 Å². The van der Waals surface area contributed by atoms with Gasteiger partial charge in [0.25, 0.3) is 0 Å². The summed E-state index contributed by atoms with van der Waals surface area (Å²) in [4.78, 5) is 40.9. The first-order chi connectivity index (χ1) is 15.0. The highest BCUT2D eigenvalue weighted by Gasteiger charge is 2.39. The van der Waals surface area contributed by atoms with Gasteiger partial charge in [0.1, 0.15) is 5.82 Å². The van der Waals surface area contributed by atoms with Crippen LogP contribution in [0.2, 0.25) is 0 Å². The molecule has 0 radical (unpaired) electrons. The third kappa shape index (κ3) is 3.41. The van der Waals surface area contributed by atoms with Crippen molar-refractivity contribution in [3.8, 4) is 0 Å². The average molecular weight is 423 g/mol. The van der Waals surface area contributed by atoms with Crippen LogP contribution in [-0.2, 0) is 9.59 Å². The summed E-state index contributed by atoms with van der Waals surface area (Å²) in [6.07, 6.45) is 1.35. The van der Waals surface area contributed by atoms with E-state index in [-0.39, 0.29) is 42.3 Å². The molecule has 1 atom stereocenters. The van der Waals surface area contributed by atoms with Crippen molar-refractivity contribution in [2.45, 2.75) is 25.3 Å². The van der Waals surface area contributed by atoms with Crippen LogP contribution < -0.4 is 10.7 Å². The Morgan fingerprint density at radius 3 is 2.48 bits per heavy atom. The molecule has 0 spiro atoms. The number of oxazole rings is 1. The predicted molar refractivity (Wildman–Crippen MR) is 112 cm³/mol. The van der Waals surface area contributed by atoms with E-state index in [9.17, 15) is 18.8 Å². The Labute approximate surface area is 177 Å². The topological polar surface area (TPSA) is 75.8 Å². The summed E-state index contributed by atoms with van der Waals surface area (Å²) < 4.78 is 21.1. The molecule has 3 heterocycles. The van der Waals surface area contributed by atoms with Gasteiger partial charge in [0.05, 0.1) is 17.1 Å². The fraction of sp³-hybridized carbons (Fsp3) is 0.348. The van der Waals surface area contributed by atoms with Gasteiger partial charge in [-0.2, -0.15) is 0 Å². The highest BCUT2D eigenvalue weighted by atomic mass is 19.1. The van der Waals surface area contributed by atoms with Crippen molar-refractivity contribution in [2.75, 3.05) is 24.5 Å². The van der Waals surface area contributed by atoms with E-state index in [4.69, 9.17) is 4.42 Å². The van der Waals surface area contributed by atoms with Crippen LogP contribution in [0.5, 0.6) is 0 Å². The van der Waals surface area contributed by atoms with Crippen molar-refractivity contribution in [1.82, 2.24) is 9.47 Å². The lowest BCUT2D eigenvalue weighted by atomic mass is 10.0. The van der Waals surface area contributed by atoms with Gasteiger partial charge in [-0.05, 0) is 37.1 Å². The average Bonchev–Trinajstić information content (AvgIpc) is 3.33. The van der Waals surface area contributed by atoms with Crippen molar-refractivity contribution in [2.24, 2.45) is 5.92 Å². The van der Waals surface area contributed by atoms with E-state index in [2.05, 4.69) is 0 Å². The first-order valence-corrected chi connectivity index (χ1v) is 10.5. The normalized spacial score (nSPS) is 20.0. The number of para-hydroxylation sites is 3. The maximum Gasteiger partial charge on any atom is 0.420 e. The third-order valence-corrected chi connectivity index (χ3v) is 6.28. The molecule has 1 unspecified atom stereocenters. The highest BCUT2D eigenvalue weighted by molar-refractivity contribution is 6.00. The number of halogens is 1. The Bertz CT molecular complexity index is 1210. The SMILES string of the molecule is O=C(C1CC(=O)N(c2ccccc2F)C1)N1CCC(n2c(=O)oc3ccccc32)CC1. The zero-order chi connectivity index (χ0) is 21.5. The zero-order valence-corrected chi connectivity index (χ0v) is 16.9. The van der Waals surface area contributed by atoms with Crippen molar-refractivity contribution >= 4 is 28.6 Å². The zero-order valence-electron chi connectivity index (χ0n) is 16.9. The van der Waals surface area contributed by atoms with Gasteiger partial charge in [-0.25, -0.2) is 9.18 Å². The number of fused-ring (bicyclic) bond motifs is 1. The summed E-state index contributed by atoms with van der Waals surface area (Å²) in [5, 5.41) is 0. The van der Waals surface area contributed by atoms with E-state index in [1.807, 2.05) is 18.2 Å². The summed E-state index contributed by atoms with van der Waals surface area (Å²) in [5.74, 6) is -1.67. The number of carbonyl (C=O) groups excluding carboxylic acids is 2. The fourth-order valence-electron chi connectivity index (χ4n) is 4.71. The van der Waals surface area contributed by atoms with Crippen LogP contribution in [0.3, 0.4) is 0 Å². The number of hydrogen-bond acceptors (Lipinski definition) is 4. The first kappa shape index (κ1) is 19.5. The van der Waals surface area contributed by atoms with Crippen LogP contribution in [0.4, 0.5) is 10.1 Å². The van der Waals surface area contributed by atoms with Crippen LogP contribution in [0.15, 0.2) is 57.7 Å². The lowest BCUT2D eigenvalue weighted by Crippen LogP contribution is -2.43. The Hall–Kier alpha value is -3.42. The molecule has 160 valence electrons. The molecule has 5 rings (SSSR count). The lowest BCUT2D eigenvalue weighted by molar-refractivity contribution is -0.137. The number of likely N-dealkylation sites (tertiary alicyclic amines) is 1. The molecule has 0 bridgehead atoms. The van der Waals surface area contributed by atoms with Crippen molar-refractivity contribution in [3.05, 3.63) is 64.9 Å². The van der Waals surface area contributed by atoms with E-state index in [0.717, 1.165) is 5.52 Å². The number of nitrogens with zero attached hydrogens (tertiary/aromatic N) is 3. The maximum absolute atomic E-state index is 14.1. The lowest BCUT2D eigenvalue weighted by Gasteiger charge is -2.33. The summed E-state index contributed by atoms with van der Waals surface area (Å²) in [6, 6.07) is 13.4. The molecule has 0 N–H and O–H groups in total. The van der Waals surface area contributed by atoms with Crippen LogP contribution in [-0.4, -0.2) is 40.9 Å². The van der Waals surface area contributed by atoms with Gasteiger partial charge in [-0.1, -0.05) is 24.3 Å². The molecule has 2 fully saturated rings. The summed E-state index contributed by atoms with van der Waals surface area (Å²) in [5.41, 5.74) is 1.54. The molecule has 2 amide bonds. The third-order valence-electron chi connectivity index (χ3n) is 6.28. The molecule has 0 aliphatic carbocycles. The van der Waals surface area contributed by atoms with E-state index >= 15 is 0 Å². The number of carbonyl (C=O) groups is 2. The second-order valence-electron chi connectivity index (χ2n) is 8.12. The molecule has 1 aromatic heterocycles. The van der Waals surface area contributed by atoms with E-state index in [0.29, 0.717) is 31.5 Å². The minimum absolute atomic E-state index is 0.0414. The molecule has 7 nitrogen and oxygen atoms in total. The second-order valence-corrected chi connectivity index (χ2v) is 8.12. The van der Waals surface area contributed by atoms with Crippen LogP contribution in [0, 0.1) is 11.7 Å². The van der Waals surface area contributed by atoms with Crippen molar-refractivity contribution < 1.29 is 18.4 Å². The van der Waals surface area contributed by atoms with Gasteiger partial charge >= 0.3 is 5.76 Å². The minimum Gasteiger partial charge on any atom is -0.408 e. The molecule has 2 aromatic carbocycles. The monoisotopic (exact) mass is 423 g/mol. The molecule has 31 heavy (non-hydrogen) atoms. The van der Waals surface area contributed by atoms with Crippen LogP contribution >= 0.6 is 0 Å². The molecular formula is C23H22FN3O4. The molecule has 8 heteroatoms. The van der Waals surface area contributed by atoms with Crippen LogP contribution in [0.1, 0.15) is 25.3 Å². The number of benzene rings is 2. The standard InChI is InChI=1S/C23H22FN3O4/c24-17-5-1-2-6-18(17)26-14-15(13-21(26)28)22(29)25-11-9-16(10-12-25)27-19-7-3-4-8-20(19)31-23(27)30/h1-8,15-16H,9-14H2. The molecule has 2 saturated heterocycles. The smallest absolute Gasteiger partial charge is 0.408 e. The molecule has 2 aliphatic rings. The van der Waals surface area contributed by atoms with E-state index in [1.54, 1.807) is 33.7 Å². The number of rotatable bonds is 3. The highest BCUT2D eigenvalue weighted by Crippen LogP contribution is 2.31. The molecule has 2 aliphatic heterocycles. The molecular weight excluding hydrogens is 401 g/mol. The minimum atomic E-state index is -0.485. The fourth-order valence-corrected chi connectivity index (χ4v) is 4.71. The molecule has 0 saturated carbocycles. The Morgan fingerprint density at radius 2 is 1.71 bits per heavy atom.